The highest BCUT2D eigenvalue weighted by Gasteiger charge is 2.22. The molecular weight excluding hydrogens is 500 g/mol. The molecule has 0 unspecified atom stereocenters. The van der Waals surface area contributed by atoms with Gasteiger partial charge < -0.3 is 10.3 Å². The number of nitrogens with one attached hydrogen (secondary N) is 3. The maximum absolute atomic E-state index is 15.2. The highest BCUT2D eigenvalue weighted by molar-refractivity contribution is 5.98. The Hall–Kier alpha value is -4.99. The van der Waals surface area contributed by atoms with Crippen LogP contribution in [0, 0.1) is 17.0 Å². The Labute approximate surface area is 221 Å². The molecule has 0 atom stereocenters. The fourth-order valence-electron chi connectivity index (χ4n) is 4.34. The van der Waals surface area contributed by atoms with Crippen molar-refractivity contribution in [1.29, 1.82) is 0 Å². The van der Waals surface area contributed by atoms with Gasteiger partial charge in [-0.15, -0.1) is 0 Å². The Bertz CT molecular complexity index is 1880. The predicted octanol–water partition coefficient (Wildman–Crippen LogP) is 6.49. The van der Waals surface area contributed by atoms with E-state index in [1.807, 2.05) is 20.8 Å². The number of amides is 1. The zero-order valence-corrected chi connectivity index (χ0v) is 21.3. The molecule has 1 amide bonds. The number of pyridine rings is 2. The third-order valence-corrected chi connectivity index (χ3v) is 6.42. The van der Waals surface area contributed by atoms with Crippen LogP contribution >= 0.6 is 0 Å². The Kier molecular flexibility index (Phi) is 5.67. The first kappa shape index (κ1) is 24.4. The third-order valence-electron chi connectivity index (χ3n) is 6.42. The molecule has 2 aromatic carbocycles. The summed E-state index contributed by atoms with van der Waals surface area (Å²) in [6.45, 7) is 5.45. The lowest BCUT2D eigenvalue weighted by molar-refractivity contribution is -0.123. The Balaban J connectivity index is 1.44. The Morgan fingerprint density at radius 3 is 2.56 bits per heavy atom. The van der Waals surface area contributed by atoms with Crippen LogP contribution in [-0.4, -0.2) is 36.0 Å². The van der Waals surface area contributed by atoms with E-state index in [4.69, 9.17) is 0 Å². The number of carbonyl (C=O) groups is 1. The van der Waals surface area contributed by atoms with Crippen LogP contribution in [0.5, 0.6) is 0 Å². The van der Waals surface area contributed by atoms with Crippen molar-refractivity contribution in [2.75, 3.05) is 5.32 Å². The van der Waals surface area contributed by atoms with Gasteiger partial charge in [0, 0.05) is 39.9 Å². The summed E-state index contributed by atoms with van der Waals surface area (Å²) in [4.78, 5) is 28.8. The number of nitrogens with zero attached hydrogens (tertiary/aromatic N) is 4. The largest absolute Gasteiger partial charge is 0.335 e. The van der Waals surface area contributed by atoms with Gasteiger partial charge in [0.2, 0.25) is 5.91 Å². The molecule has 39 heavy (non-hydrogen) atoms. The number of benzene rings is 2. The molecule has 4 heterocycles. The number of halogens is 2. The molecule has 0 radical (unpaired) electrons. The number of carbonyl (C=O) groups excluding carboxylic acids is 1. The van der Waals surface area contributed by atoms with E-state index < -0.39 is 11.2 Å². The van der Waals surface area contributed by atoms with Crippen LogP contribution in [0.2, 0.25) is 0 Å². The topological polar surface area (TPSA) is 112 Å². The number of aromatic amines is 2. The maximum Gasteiger partial charge on any atom is 0.229 e. The number of anilines is 1. The van der Waals surface area contributed by atoms with Crippen LogP contribution in [0.15, 0.2) is 67.1 Å². The van der Waals surface area contributed by atoms with Crippen molar-refractivity contribution in [3.8, 4) is 33.8 Å². The van der Waals surface area contributed by atoms with Gasteiger partial charge in [0.1, 0.15) is 17.0 Å². The molecule has 0 spiro atoms. The molecular formula is C29H23F2N7O. The first-order valence-corrected chi connectivity index (χ1v) is 12.2. The molecule has 0 fully saturated rings. The predicted molar refractivity (Wildman–Crippen MR) is 146 cm³/mol. The molecule has 6 rings (SSSR count). The first-order chi connectivity index (χ1) is 18.7. The summed E-state index contributed by atoms with van der Waals surface area (Å²) in [5.41, 5.74) is 3.62. The lowest BCUT2D eigenvalue weighted by atomic mass is 9.95. The number of hydrogen-bond donors (Lipinski definition) is 3. The van der Waals surface area contributed by atoms with Gasteiger partial charge in [0.25, 0.3) is 0 Å². The highest BCUT2D eigenvalue weighted by Crippen LogP contribution is 2.34. The van der Waals surface area contributed by atoms with Gasteiger partial charge in [-0.25, -0.2) is 18.7 Å². The monoisotopic (exact) mass is 523 g/mol. The van der Waals surface area contributed by atoms with Crippen LogP contribution in [-0.2, 0) is 4.79 Å². The molecule has 0 saturated heterocycles. The molecule has 0 aliphatic rings. The van der Waals surface area contributed by atoms with Crippen LogP contribution in [0.25, 0.3) is 55.8 Å². The molecule has 8 nitrogen and oxygen atoms in total. The van der Waals surface area contributed by atoms with E-state index in [0.29, 0.717) is 56.0 Å². The molecule has 0 saturated carbocycles. The van der Waals surface area contributed by atoms with Crippen molar-refractivity contribution in [2.45, 2.75) is 20.8 Å². The van der Waals surface area contributed by atoms with Crippen molar-refractivity contribution in [2.24, 2.45) is 5.41 Å². The second-order valence-electron chi connectivity index (χ2n) is 10.2. The summed E-state index contributed by atoms with van der Waals surface area (Å²) in [5, 5.41) is 10.4. The molecule has 10 heteroatoms. The molecule has 0 aliphatic heterocycles. The number of aromatic nitrogens is 6. The van der Waals surface area contributed by atoms with E-state index in [2.05, 4.69) is 35.5 Å². The zero-order chi connectivity index (χ0) is 27.3. The summed E-state index contributed by atoms with van der Waals surface area (Å²) in [5.74, 6) is -0.678. The summed E-state index contributed by atoms with van der Waals surface area (Å²) in [6.07, 6.45) is 4.70. The van der Waals surface area contributed by atoms with E-state index >= 15 is 4.39 Å². The number of H-pyrrole nitrogens is 2. The van der Waals surface area contributed by atoms with Crippen LogP contribution in [0.3, 0.4) is 0 Å². The summed E-state index contributed by atoms with van der Waals surface area (Å²) in [6, 6.07) is 13.1. The normalized spacial score (nSPS) is 11.8. The smallest absolute Gasteiger partial charge is 0.229 e. The molecule has 0 aliphatic carbocycles. The van der Waals surface area contributed by atoms with Gasteiger partial charge in [-0.1, -0.05) is 39.0 Å². The van der Waals surface area contributed by atoms with Gasteiger partial charge in [-0.2, -0.15) is 5.10 Å². The fourth-order valence-corrected chi connectivity index (χ4v) is 4.34. The third kappa shape index (κ3) is 4.39. The second-order valence-corrected chi connectivity index (χ2v) is 10.2. The molecule has 194 valence electrons. The van der Waals surface area contributed by atoms with Gasteiger partial charge in [-0.05, 0) is 35.9 Å². The van der Waals surface area contributed by atoms with Crippen LogP contribution in [0.4, 0.5) is 14.5 Å². The van der Waals surface area contributed by atoms with Crippen molar-refractivity contribution in [1.82, 2.24) is 30.1 Å². The fraction of sp³-hybridized carbons (Fsp3) is 0.138. The number of hydrogen-bond acceptors (Lipinski definition) is 5. The van der Waals surface area contributed by atoms with Crippen molar-refractivity contribution >= 4 is 33.7 Å². The van der Waals surface area contributed by atoms with Gasteiger partial charge in [0.15, 0.2) is 17.3 Å². The second kappa shape index (κ2) is 9.09. The summed E-state index contributed by atoms with van der Waals surface area (Å²) >= 11 is 0. The molecule has 6 aromatic rings. The lowest BCUT2D eigenvalue weighted by Gasteiger charge is -2.17. The number of fused-ring (bicyclic) bond motifs is 2. The minimum Gasteiger partial charge on any atom is -0.335 e. The summed E-state index contributed by atoms with van der Waals surface area (Å²) in [7, 11) is 0. The molecule has 4 aromatic heterocycles. The zero-order valence-electron chi connectivity index (χ0n) is 21.3. The number of imidazole rings is 1. The van der Waals surface area contributed by atoms with E-state index in [0.717, 1.165) is 0 Å². The van der Waals surface area contributed by atoms with Crippen molar-refractivity contribution in [3.63, 3.8) is 0 Å². The SMILES string of the molecule is CC(C)(C)C(=O)Nc1cncc(-c2cc(F)c3n[nH]c(-c4nc5nccc(-c6ccccc6F)c5[nH]4)c3c2)c1. The summed E-state index contributed by atoms with van der Waals surface area (Å²) < 4.78 is 29.8. The van der Waals surface area contributed by atoms with E-state index in [1.54, 1.807) is 55.0 Å². The van der Waals surface area contributed by atoms with E-state index in [1.165, 1.54) is 12.1 Å². The Morgan fingerprint density at radius 1 is 0.949 bits per heavy atom. The van der Waals surface area contributed by atoms with Crippen molar-refractivity contribution in [3.05, 3.63) is 78.8 Å². The van der Waals surface area contributed by atoms with Crippen LogP contribution < -0.4 is 5.32 Å². The minimum absolute atomic E-state index is 0.140. The van der Waals surface area contributed by atoms with Gasteiger partial charge >= 0.3 is 0 Å². The maximum atomic E-state index is 15.2. The quantitative estimate of drug-likeness (QED) is 0.244. The van der Waals surface area contributed by atoms with E-state index in [-0.39, 0.29) is 17.2 Å². The average molecular weight is 524 g/mol. The van der Waals surface area contributed by atoms with Crippen LogP contribution in [0.1, 0.15) is 20.8 Å². The van der Waals surface area contributed by atoms with Gasteiger partial charge in [0.05, 0.1) is 17.4 Å². The molecule has 3 N–H and O–H groups in total. The Morgan fingerprint density at radius 2 is 1.77 bits per heavy atom. The lowest BCUT2D eigenvalue weighted by Crippen LogP contribution is -2.27. The minimum atomic E-state index is -0.583. The van der Waals surface area contributed by atoms with Gasteiger partial charge in [-0.3, -0.25) is 14.9 Å². The highest BCUT2D eigenvalue weighted by atomic mass is 19.1. The van der Waals surface area contributed by atoms with Crippen molar-refractivity contribution < 1.29 is 13.6 Å². The average Bonchev–Trinajstić information content (AvgIpc) is 3.53. The number of rotatable bonds is 4. The first-order valence-electron chi connectivity index (χ1n) is 12.2. The standard InChI is InChI=1S/C29H23F2N7O/c1-29(2,3)28(39)34-17-10-16(13-32-14-17)15-11-20-23(22(31)12-15)37-38-25(20)27-35-24-19(8-9-33-26(24)36-27)18-6-4-5-7-21(18)30/h4-14H,1-3H3,(H,34,39)(H,37,38)(H,33,35,36). The molecule has 0 bridgehead atoms. The van der Waals surface area contributed by atoms with E-state index in [9.17, 15) is 9.18 Å².